The third-order valence-corrected chi connectivity index (χ3v) is 3.30. The molecular weight excluding hydrogens is 282 g/mol. The van der Waals surface area contributed by atoms with Gasteiger partial charge in [0.2, 0.25) is 0 Å². The van der Waals surface area contributed by atoms with Crippen molar-refractivity contribution in [1.29, 1.82) is 0 Å². The molecule has 0 saturated carbocycles. The summed E-state index contributed by atoms with van der Waals surface area (Å²) in [5, 5.41) is 7.86. The zero-order valence-corrected chi connectivity index (χ0v) is 11.7. The second-order valence-electron chi connectivity index (χ2n) is 4.38. The van der Waals surface area contributed by atoms with Crippen molar-refractivity contribution in [2.75, 3.05) is 26.9 Å². The highest BCUT2D eigenvalue weighted by Gasteiger charge is 2.22. The number of benzene rings is 1. The maximum atomic E-state index is 5.94. The number of aromatic nitrogens is 2. The molecular formula is C13H14ClN3O3. The standard InChI is InChI=1S/C13H14ClN3O3/c1-18-11-6-8(14)2-3-9(11)13-16-12(17-20-13)10-7-19-5-4-15-10/h2-3,6,10,15H,4-5,7H2,1H3. The first-order valence-corrected chi connectivity index (χ1v) is 6.64. The Morgan fingerprint density at radius 2 is 2.35 bits per heavy atom. The van der Waals surface area contributed by atoms with Crippen LogP contribution in [0.3, 0.4) is 0 Å². The number of ether oxygens (including phenoxy) is 2. The predicted octanol–water partition coefficient (Wildman–Crippen LogP) is 2.06. The van der Waals surface area contributed by atoms with Crippen LogP contribution < -0.4 is 10.1 Å². The molecule has 1 aliphatic heterocycles. The van der Waals surface area contributed by atoms with Crippen LogP contribution in [0.5, 0.6) is 5.75 Å². The first-order chi connectivity index (χ1) is 9.78. The van der Waals surface area contributed by atoms with Gasteiger partial charge >= 0.3 is 0 Å². The Hall–Kier alpha value is -1.63. The second kappa shape index (κ2) is 5.78. The van der Waals surface area contributed by atoms with Gasteiger partial charge in [-0.3, -0.25) is 0 Å². The van der Waals surface area contributed by atoms with E-state index in [0.717, 1.165) is 6.54 Å². The van der Waals surface area contributed by atoms with Gasteiger partial charge in [-0.05, 0) is 18.2 Å². The van der Waals surface area contributed by atoms with Crippen LogP contribution in [0.15, 0.2) is 22.7 Å². The fourth-order valence-electron chi connectivity index (χ4n) is 2.06. The fraction of sp³-hybridized carbons (Fsp3) is 0.385. The molecule has 1 saturated heterocycles. The normalized spacial score (nSPS) is 19.0. The molecule has 1 aromatic carbocycles. The smallest absolute Gasteiger partial charge is 0.261 e. The number of nitrogens with zero attached hydrogens (tertiary/aromatic N) is 2. The monoisotopic (exact) mass is 295 g/mol. The summed E-state index contributed by atoms with van der Waals surface area (Å²) < 4.78 is 16.0. The third kappa shape index (κ3) is 2.63. The Balaban J connectivity index is 1.89. The lowest BCUT2D eigenvalue weighted by Gasteiger charge is -2.20. The molecule has 0 bridgehead atoms. The van der Waals surface area contributed by atoms with Crippen molar-refractivity contribution in [3.8, 4) is 17.2 Å². The van der Waals surface area contributed by atoms with E-state index in [1.807, 2.05) is 0 Å². The van der Waals surface area contributed by atoms with Gasteiger partial charge in [0.25, 0.3) is 5.89 Å². The quantitative estimate of drug-likeness (QED) is 0.935. The van der Waals surface area contributed by atoms with Crippen LogP contribution in [0.2, 0.25) is 5.02 Å². The average Bonchev–Trinajstić information content (AvgIpc) is 2.97. The van der Waals surface area contributed by atoms with Crippen molar-refractivity contribution in [3.05, 3.63) is 29.0 Å². The van der Waals surface area contributed by atoms with Gasteiger partial charge in [-0.15, -0.1) is 0 Å². The second-order valence-corrected chi connectivity index (χ2v) is 4.82. The minimum atomic E-state index is -0.0421. The number of hydrogen-bond acceptors (Lipinski definition) is 6. The molecule has 1 aromatic heterocycles. The van der Waals surface area contributed by atoms with Crippen LogP contribution in [-0.4, -0.2) is 37.0 Å². The zero-order valence-electron chi connectivity index (χ0n) is 10.9. The lowest BCUT2D eigenvalue weighted by Crippen LogP contribution is -2.35. The van der Waals surface area contributed by atoms with Crippen LogP contribution in [0, 0.1) is 0 Å². The van der Waals surface area contributed by atoms with Crippen molar-refractivity contribution in [1.82, 2.24) is 15.5 Å². The Bertz CT molecular complexity index is 596. The van der Waals surface area contributed by atoms with Gasteiger partial charge in [0.1, 0.15) is 5.75 Å². The predicted molar refractivity (Wildman–Crippen MR) is 72.9 cm³/mol. The van der Waals surface area contributed by atoms with E-state index >= 15 is 0 Å². The molecule has 20 heavy (non-hydrogen) atoms. The molecule has 1 atom stereocenters. The minimum absolute atomic E-state index is 0.0421. The lowest BCUT2D eigenvalue weighted by molar-refractivity contribution is 0.0734. The summed E-state index contributed by atoms with van der Waals surface area (Å²) in [7, 11) is 1.57. The van der Waals surface area contributed by atoms with Gasteiger partial charge in [0.05, 0.1) is 31.9 Å². The summed E-state index contributed by atoms with van der Waals surface area (Å²) in [5.74, 6) is 1.58. The molecule has 1 fully saturated rings. The molecule has 1 N–H and O–H groups in total. The Morgan fingerprint density at radius 1 is 1.45 bits per heavy atom. The van der Waals surface area contributed by atoms with E-state index in [9.17, 15) is 0 Å². The van der Waals surface area contributed by atoms with Crippen molar-refractivity contribution >= 4 is 11.6 Å². The number of hydrogen-bond donors (Lipinski definition) is 1. The van der Waals surface area contributed by atoms with Crippen LogP contribution in [0.4, 0.5) is 0 Å². The van der Waals surface area contributed by atoms with E-state index < -0.39 is 0 Å². The maximum absolute atomic E-state index is 5.94. The zero-order chi connectivity index (χ0) is 13.9. The first-order valence-electron chi connectivity index (χ1n) is 6.26. The van der Waals surface area contributed by atoms with Crippen LogP contribution in [-0.2, 0) is 4.74 Å². The summed E-state index contributed by atoms with van der Waals surface area (Å²) in [6.45, 7) is 2.02. The highest BCUT2D eigenvalue weighted by atomic mass is 35.5. The van der Waals surface area contributed by atoms with Crippen molar-refractivity contribution in [2.24, 2.45) is 0 Å². The maximum Gasteiger partial charge on any atom is 0.261 e. The number of methoxy groups -OCH3 is 1. The third-order valence-electron chi connectivity index (χ3n) is 3.07. The molecule has 0 aliphatic carbocycles. The largest absolute Gasteiger partial charge is 0.496 e. The minimum Gasteiger partial charge on any atom is -0.496 e. The first kappa shape index (κ1) is 13.4. The lowest BCUT2D eigenvalue weighted by atomic mass is 10.2. The number of morpholine rings is 1. The van der Waals surface area contributed by atoms with Gasteiger partial charge in [-0.1, -0.05) is 16.8 Å². The Kier molecular flexibility index (Phi) is 3.86. The Morgan fingerprint density at radius 3 is 3.10 bits per heavy atom. The molecule has 7 heteroatoms. The SMILES string of the molecule is COc1cc(Cl)ccc1-c1nc(C2COCCN2)no1. The fourth-order valence-corrected chi connectivity index (χ4v) is 2.22. The van der Waals surface area contributed by atoms with E-state index in [1.54, 1.807) is 25.3 Å². The molecule has 6 nitrogen and oxygen atoms in total. The van der Waals surface area contributed by atoms with E-state index in [1.165, 1.54) is 0 Å². The van der Waals surface area contributed by atoms with Crippen molar-refractivity contribution < 1.29 is 14.0 Å². The summed E-state index contributed by atoms with van der Waals surface area (Å²) >= 11 is 5.94. The average molecular weight is 296 g/mol. The van der Waals surface area contributed by atoms with Gasteiger partial charge in [0, 0.05) is 11.6 Å². The number of rotatable bonds is 3. The van der Waals surface area contributed by atoms with Crippen LogP contribution in [0.25, 0.3) is 11.5 Å². The molecule has 1 aliphatic rings. The molecule has 0 spiro atoms. The van der Waals surface area contributed by atoms with E-state index in [0.29, 0.717) is 41.3 Å². The van der Waals surface area contributed by atoms with E-state index in [4.69, 9.17) is 25.6 Å². The molecule has 2 aromatic rings. The van der Waals surface area contributed by atoms with E-state index in [-0.39, 0.29) is 6.04 Å². The molecule has 1 unspecified atom stereocenters. The van der Waals surface area contributed by atoms with Gasteiger partial charge in [-0.2, -0.15) is 4.98 Å². The molecule has 3 rings (SSSR count). The Labute approximate surface area is 121 Å². The van der Waals surface area contributed by atoms with E-state index in [2.05, 4.69) is 15.5 Å². The summed E-state index contributed by atoms with van der Waals surface area (Å²) in [6, 6.07) is 5.22. The molecule has 106 valence electrons. The van der Waals surface area contributed by atoms with Gasteiger partial charge < -0.3 is 19.3 Å². The molecule has 2 heterocycles. The van der Waals surface area contributed by atoms with Gasteiger partial charge in [0.15, 0.2) is 5.82 Å². The summed E-state index contributed by atoms with van der Waals surface area (Å²) in [5.41, 5.74) is 0.715. The number of nitrogens with one attached hydrogen (secondary N) is 1. The highest BCUT2D eigenvalue weighted by Crippen LogP contribution is 2.31. The molecule has 0 radical (unpaired) electrons. The summed E-state index contributed by atoms with van der Waals surface area (Å²) in [4.78, 5) is 4.40. The summed E-state index contributed by atoms with van der Waals surface area (Å²) in [6.07, 6.45) is 0. The topological polar surface area (TPSA) is 69.4 Å². The van der Waals surface area contributed by atoms with Crippen molar-refractivity contribution in [2.45, 2.75) is 6.04 Å². The molecule has 0 amide bonds. The van der Waals surface area contributed by atoms with Crippen LogP contribution in [0.1, 0.15) is 11.9 Å². The van der Waals surface area contributed by atoms with Crippen molar-refractivity contribution in [3.63, 3.8) is 0 Å². The van der Waals surface area contributed by atoms with Gasteiger partial charge in [-0.25, -0.2) is 0 Å². The highest BCUT2D eigenvalue weighted by molar-refractivity contribution is 6.30. The van der Waals surface area contributed by atoms with Crippen LogP contribution >= 0.6 is 11.6 Å². The number of halogens is 1.